The quantitative estimate of drug-likeness (QED) is 0.610. The first kappa shape index (κ1) is 21.6. The summed E-state index contributed by atoms with van der Waals surface area (Å²) in [5.74, 6) is 0.0625. The molecular weight excluding hydrogens is 434 g/mol. The Morgan fingerprint density at radius 1 is 1.10 bits per heavy atom. The Kier molecular flexibility index (Phi) is 6.15. The van der Waals surface area contributed by atoms with Gasteiger partial charge in [0.15, 0.2) is 0 Å². The molecular formula is C22H25N3O4S2. The summed E-state index contributed by atoms with van der Waals surface area (Å²) in [5, 5.41) is 0. The summed E-state index contributed by atoms with van der Waals surface area (Å²) < 4.78 is 30.3. The van der Waals surface area contributed by atoms with Crippen molar-refractivity contribution in [3.63, 3.8) is 0 Å². The number of amides is 1. The van der Waals surface area contributed by atoms with Gasteiger partial charge in [0.25, 0.3) is 10.0 Å². The first-order valence-corrected chi connectivity index (χ1v) is 12.6. The van der Waals surface area contributed by atoms with E-state index in [1.807, 2.05) is 17.9 Å². The van der Waals surface area contributed by atoms with Gasteiger partial charge in [0.2, 0.25) is 5.91 Å². The van der Waals surface area contributed by atoms with Gasteiger partial charge in [-0.3, -0.25) is 18.9 Å². The van der Waals surface area contributed by atoms with E-state index in [0.29, 0.717) is 22.4 Å². The van der Waals surface area contributed by atoms with Crippen LogP contribution in [0.3, 0.4) is 0 Å². The molecule has 7 nitrogen and oxygen atoms in total. The molecule has 1 saturated heterocycles. The standard InChI is InChI=1S/C22H25N3O4S2/c1-16-6-5-7-17(14-16)23-31(28,29)18-8-9-19-20(15-18)30-22(27)25(19)13-10-21(26)24-11-3-2-4-12-24/h5-9,14-15,23H,2-4,10-13H2,1H3. The lowest BCUT2D eigenvalue weighted by atomic mass is 10.1. The molecule has 0 saturated carbocycles. The number of nitrogens with one attached hydrogen (secondary N) is 1. The highest BCUT2D eigenvalue weighted by molar-refractivity contribution is 7.92. The van der Waals surface area contributed by atoms with Gasteiger partial charge in [-0.2, -0.15) is 0 Å². The number of benzene rings is 2. The fourth-order valence-electron chi connectivity index (χ4n) is 3.86. The number of nitrogens with zero attached hydrogens (tertiary/aromatic N) is 2. The lowest BCUT2D eigenvalue weighted by molar-refractivity contribution is -0.132. The van der Waals surface area contributed by atoms with Crippen molar-refractivity contribution in [3.8, 4) is 0 Å². The molecule has 0 radical (unpaired) electrons. The Balaban J connectivity index is 1.54. The molecule has 1 aromatic heterocycles. The third-order valence-corrected chi connectivity index (χ3v) is 7.80. The van der Waals surface area contributed by atoms with E-state index >= 15 is 0 Å². The maximum Gasteiger partial charge on any atom is 0.308 e. The van der Waals surface area contributed by atoms with Crippen LogP contribution in [-0.4, -0.2) is 36.9 Å². The van der Waals surface area contributed by atoms with Gasteiger partial charge >= 0.3 is 4.87 Å². The van der Waals surface area contributed by atoms with Crippen molar-refractivity contribution in [1.82, 2.24) is 9.47 Å². The zero-order valence-electron chi connectivity index (χ0n) is 17.3. The Morgan fingerprint density at radius 3 is 2.61 bits per heavy atom. The second-order valence-electron chi connectivity index (χ2n) is 7.82. The summed E-state index contributed by atoms with van der Waals surface area (Å²) in [7, 11) is -3.78. The SMILES string of the molecule is Cc1cccc(NS(=O)(=O)c2ccc3c(c2)sc(=O)n3CCC(=O)N2CCCCC2)c1. The van der Waals surface area contributed by atoms with Crippen molar-refractivity contribution < 1.29 is 13.2 Å². The van der Waals surface area contributed by atoms with Crippen LogP contribution in [-0.2, 0) is 21.4 Å². The normalized spacial score (nSPS) is 14.7. The third-order valence-electron chi connectivity index (χ3n) is 5.48. The molecule has 2 aromatic carbocycles. The van der Waals surface area contributed by atoms with Crippen LogP contribution in [0.2, 0.25) is 0 Å². The maximum atomic E-state index is 12.8. The van der Waals surface area contributed by atoms with Gasteiger partial charge in [-0.25, -0.2) is 8.42 Å². The van der Waals surface area contributed by atoms with E-state index in [2.05, 4.69) is 4.72 Å². The van der Waals surface area contributed by atoms with Crippen LogP contribution >= 0.6 is 11.3 Å². The van der Waals surface area contributed by atoms with E-state index < -0.39 is 10.0 Å². The number of aryl methyl sites for hydroxylation is 2. The molecule has 0 aliphatic carbocycles. The number of anilines is 1. The van der Waals surface area contributed by atoms with E-state index in [9.17, 15) is 18.0 Å². The molecule has 4 rings (SSSR count). The molecule has 1 amide bonds. The summed E-state index contributed by atoms with van der Waals surface area (Å²) in [6.07, 6.45) is 3.48. The number of thiazole rings is 1. The van der Waals surface area contributed by atoms with Crippen molar-refractivity contribution in [2.24, 2.45) is 0 Å². The highest BCUT2D eigenvalue weighted by Crippen LogP contribution is 2.24. The largest absolute Gasteiger partial charge is 0.343 e. The highest BCUT2D eigenvalue weighted by atomic mass is 32.2. The topological polar surface area (TPSA) is 88.5 Å². The number of carbonyl (C=O) groups excluding carboxylic acids is 1. The Morgan fingerprint density at radius 2 is 1.87 bits per heavy atom. The van der Waals surface area contributed by atoms with E-state index in [1.54, 1.807) is 28.8 Å². The second kappa shape index (κ2) is 8.84. The van der Waals surface area contributed by atoms with Crippen LogP contribution in [0, 0.1) is 6.92 Å². The van der Waals surface area contributed by atoms with Crippen LogP contribution in [0.15, 0.2) is 52.2 Å². The average molecular weight is 460 g/mol. The fraction of sp³-hybridized carbons (Fsp3) is 0.364. The van der Waals surface area contributed by atoms with Crippen molar-refractivity contribution in [2.45, 2.75) is 44.0 Å². The lowest BCUT2D eigenvalue weighted by Gasteiger charge is -2.26. The van der Waals surface area contributed by atoms with E-state index in [4.69, 9.17) is 0 Å². The number of rotatable bonds is 6. The van der Waals surface area contributed by atoms with E-state index in [-0.39, 0.29) is 22.1 Å². The summed E-state index contributed by atoms with van der Waals surface area (Å²) in [4.78, 5) is 26.7. The molecule has 0 bridgehead atoms. The maximum absolute atomic E-state index is 12.8. The minimum Gasteiger partial charge on any atom is -0.343 e. The monoisotopic (exact) mass is 459 g/mol. The smallest absolute Gasteiger partial charge is 0.308 e. The van der Waals surface area contributed by atoms with Gasteiger partial charge in [0, 0.05) is 31.7 Å². The molecule has 9 heteroatoms. The minimum atomic E-state index is -3.78. The minimum absolute atomic E-state index is 0.0625. The van der Waals surface area contributed by atoms with E-state index in [0.717, 1.165) is 49.3 Å². The van der Waals surface area contributed by atoms with Crippen LogP contribution in [0.5, 0.6) is 0 Å². The molecule has 0 atom stereocenters. The lowest BCUT2D eigenvalue weighted by Crippen LogP contribution is -2.36. The Labute approximate surface area is 185 Å². The second-order valence-corrected chi connectivity index (χ2v) is 10.5. The first-order valence-electron chi connectivity index (χ1n) is 10.3. The summed E-state index contributed by atoms with van der Waals surface area (Å²) >= 11 is 0.995. The number of sulfonamides is 1. The van der Waals surface area contributed by atoms with Crippen LogP contribution in [0.4, 0.5) is 5.69 Å². The summed E-state index contributed by atoms with van der Waals surface area (Å²) in [6, 6.07) is 11.8. The highest BCUT2D eigenvalue weighted by Gasteiger charge is 2.19. The van der Waals surface area contributed by atoms with Crippen LogP contribution < -0.4 is 9.60 Å². The molecule has 0 unspecified atom stereocenters. The van der Waals surface area contributed by atoms with Gasteiger partial charge < -0.3 is 4.90 Å². The summed E-state index contributed by atoms with van der Waals surface area (Å²) in [6.45, 7) is 3.75. The van der Waals surface area contributed by atoms with Gasteiger partial charge in [-0.05, 0) is 62.1 Å². The predicted molar refractivity (Wildman–Crippen MR) is 123 cm³/mol. The molecule has 1 fully saturated rings. The number of piperidine rings is 1. The zero-order chi connectivity index (χ0) is 22.0. The van der Waals surface area contributed by atoms with Crippen LogP contribution in [0.1, 0.15) is 31.2 Å². The molecule has 1 N–H and O–H groups in total. The van der Waals surface area contributed by atoms with Gasteiger partial charge in [0.1, 0.15) is 0 Å². The van der Waals surface area contributed by atoms with Crippen molar-refractivity contribution >= 4 is 43.2 Å². The van der Waals surface area contributed by atoms with E-state index in [1.165, 1.54) is 12.1 Å². The molecule has 164 valence electrons. The number of likely N-dealkylation sites (tertiary alicyclic amines) is 1. The Bertz CT molecular complexity index is 1270. The number of hydrogen-bond donors (Lipinski definition) is 1. The van der Waals surface area contributed by atoms with Gasteiger partial charge in [-0.15, -0.1) is 0 Å². The number of hydrogen-bond acceptors (Lipinski definition) is 5. The molecule has 2 heterocycles. The summed E-state index contributed by atoms with van der Waals surface area (Å²) in [5.41, 5.74) is 2.09. The molecule has 0 spiro atoms. The Hall–Kier alpha value is -2.65. The predicted octanol–water partition coefficient (Wildman–Crippen LogP) is 3.57. The third kappa shape index (κ3) is 4.83. The number of fused-ring (bicyclic) bond motifs is 1. The molecule has 1 aliphatic heterocycles. The van der Waals surface area contributed by atoms with Crippen molar-refractivity contribution in [3.05, 3.63) is 57.7 Å². The number of carbonyl (C=O) groups is 1. The molecule has 3 aromatic rings. The van der Waals surface area contributed by atoms with Crippen molar-refractivity contribution in [1.29, 1.82) is 0 Å². The first-order chi connectivity index (χ1) is 14.8. The zero-order valence-corrected chi connectivity index (χ0v) is 19.0. The average Bonchev–Trinajstić information content (AvgIpc) is 3.06. The van der Waals surface area contributed by atoms with Crippen LogP contribution in [0.25, 0.3) is 10.2 Å². The molecule has 1 aliphatic rings. The number of aromatic nitrogens is 1. The fourth-order valence-corrected chi connectivity index (χ4v) is 5.96. The molecule has 31 heavy (non-hydrogen) atoms. The van der Waals surface area contributed by atoms with Gasteiger partial charge in [-0.1, -0.05) is 23.5 Å². The van der Waals surface area contributed by atoms with Gasteiger partial charge in [0.05, 0.1) is 15.1 Å². The van der Waals surface area contributed by atoms with Crippen molar-refractivity contribution in [2.75, 3.05) is 17.8 Å².